The molecule has 1 amide bonds. The lowest BCUT2D eigenvalue weighted by Crippen LogP contribution is -2.41. The van der Waals surface area contributed by atoms with E-state index in [4.69, 9.17) is 15.2 Å². The predicted octanol–water partition coefficient (Wildman–Crippen LogP) is 4.83. The minimum Gasteiger partial charge on any atom is -0.462 e. The summed E-state index contributed by atoms with van der Waals surface area (Å²) >= 11 is 0. The fraction of sp³-hybridized carbons (Fsp3) is 0.677. The summed E-state index contributed by atoms with van der Waals surface area (Å²) < 4.78 is 10.6. The van der Waals surface area contributed by atoms with Crippen molar-refractivity contribution in [2.45, 2.75) is 104 Å². The van der Waals surface area contributed by atoms with Crippen molar-refractivity contribution in [3.63, 3.8) is 0 Å². The second-order valence-electron chi connectivity index (χ2n) is 11.3. The highest BCUT2D eigenvalue weighted by Crippen LogP contribution is 2.29. The maximum absolute atomic E-state index is 11.5. The maximum atomic E-state index is 11.5. The number of hydrogen-bond acceptors (Lipinski definition) is 7. The summed E-state index contributed by atoms with van der Waals surface area (Å²) in [5, 5.41) is 32.2. The van der Waals surface area contributed by atoms with Gasteiger partial charge in [0.25, 0.3) is 0 Å². The third kappa shape index (κ3) is 12.5. The minimum absolute atomic E-state index is 0.128. The zero-order valence-corrected chi connectivity index (χ0v) is 24.5. The SMILES string of the molecule is C=C/C=C\[C@H](C)[C@H](OC(N)=O)[C@@H](C)[C@H](O)[C@@H](C)C/C(C)=C\C(C)C(O)C(C)/C=C\[C@@H](O)C[C@H]1CCCC(=O)O1. The minimum atomic E-state index is -0.877. The number of rotatable bonds is 16. The van der Waals surface area contributed by atoms with Gasteiger partial charge in [-0.05, 0) is 32.1 Å². The molecule has 0 aromatic rings. The molecule has 0 spiro atoms. The van der Waals surface area contributed by atoms with Crippen LogP contribution in [0.2, 0.25) is 0 Å². The van der Waals surface area contributed by atoms with Crippen molar-refractivity contribution < 1.29 is 34.4 Å². The molecule has 0 aromatic heterocycles. The molecule has 222 valence electrons. The van der Waals surface area contributed by atoms with Crippen molar-refractivity contribution in [1.29, 1.82) is 0 Å². The average Bonchev–Trinajstić information content (AvgIpc) is 2.87. The van der Waals surface area contributed by atoms with Gasteiger partial charge in [0.1, 0.15) is 12.2 Å². The zero-order chi connectivity index (χ0) is 29.7. The molecule has 0 aliphatic carbocycles. The van der Waals surface area contributed by atoms with Crippen LogP contribution in [0.5, 0.6) is 0 Å². The molecular formula is C31H51NO7. The Kier molecular flexibility index (Phi) is 15.4. The first-order valence-electron chi connectivity index (χ1n) is 14.1. The molecule has 1 saturated heterocycles. The highest BCUT2D eigenvalue weighted by molar-refractivity contribution is 5.70. The van der Waals surface area contributed by atoms with E-state index in [2.05, 4.69) is 6.58 Å². The number of aliphatic hydroxyl groups is 3. The van der Waals surface area contributed by atoms with Crippen LogP contribution in [0, 0.1) is 29.6 Å². The van der Waals surface area contributed by atoms with Crippen LogP contribution in [0.3, 0.4) is 0 Å². The molecule has 1 fully saturated rings. The van der Waals surface area contributed by atoms with Gasteiger partial charge in [-0.1, -0.05) is 83.2 Å². The highest BCUT2D eigenvalue weighted by atomic mass is 16.6. The summed E-state index contributed by atoms with van der Waals surface area (Å²) in [7, 11) is 0. The summed E-state index contributed by atoms with van der Waals surface area (Å²) in [6.07, 6.45) is 9.78. The number of amides is 1. The molecule has 0 radical (unpaired) electrons. The third-order valence-corrected chi connectivity index (χ3v) is 7.58. The first-order chi connectivity index (χ1) is 18.3. The molecule has 39 heavy (non-hydrogen) atoms. The van der Waals surface area contributed by atoms with E-state index in [0.29, 0.717) is 19.3 Å². The summed E-state index contributed by atoms with van der Waals surface area (Å²) in [4.78, 5) is 22.9. The highest BCUT2D eigenvalue weighted by Gasteiger charge is 2.33. The molecule has 1 aliphatic rings. The topological polar surface area (TPSA) is 139 Å². The van der Waals surface area contributed by atoms with Crippen LogP contribution in [0.25, 0.3) is 0 Å². The lowest BCUT2D eigenvalue weighted by atomic mass is 9.81. The van der Waals surface area contributed by atoms with E-state index in [1.54, 1.807) is 24.3 Å². The molecule has 5 N–H and O–H groups in total. The van der Waals surface area contributed by atoms with Crippen molar-refractivity contribution >= 4 is 12.1 Å². The Bertz CT molecular complexity index is 867. The Morgan fingerprint density at radius 3 is 2.33 bits per heavy atom. The van der Waals surface area contributed by atoms with Gasteiger partial charge in [-0.25, -0.2) is 4.79 Å². The number of carbonyl (C=O) groups excluding carboxylic acids is 2. The Morgan fingerprint density at radius 2 is 1.74 bits per heavy atom. The molecule has 10 atom stereocenters. The fourth-order valence-electron chi connectivity index (χ4n) is 5.34. The smallest absolute Gasteiger partial charge is 0.404 e. The quantitative estimate of drug-likeness (QED) is 0.123. The van der Waals surface area contributed by atoms with Crippen molar-refractivity contribution in [3.8, 4) is 0 Å². The van der Waals surface area contributed by atoms with Crippen LogP contribution in [0.15, 0.2) is 48.6 Å². The molecule has 1 heterocycles. The van der Waals surface area contributed by atoms with Crippen molar-refractivity contribution in [3.05, 3.63) is 48.6 Å². The van der Waals surface area contributed by atoms with Crippen LogP contribution in [-0.4, -0.2) is 57.9 Å². The number of ether oxygens (including phenoxy) is 2. The lowest BCUT2D eigenvalue weighted by Gasteiger charge is -2.33. The second kappa shape index (κ2) is 17.3. The number of cyclic esters (lactones) is 1. The summed E-state index contributed by atoms with van der Waals surface area (Å²) in [6, 6.07) is 0. The monoisotopic (exact) mass is 549 g/mol. The second-order valence-corrected chi connectivity index (χ2v) is 11.3. The number of aliphatic hydroxyl groups excluding tert-OH is 3. The van der Waals surface area contributed by atoms with Gasteiger partial charge in [0, 0.05) is 36.5 Å². The molecule has 8 heteroatoms. The van der Waals surface area contributed by atoms with E-state index in [-0.39, 0.29) is 41.7 Å². The van der Waals surface area contributed by atoms with E-state index in [0.717, 1.165) is 18.4 Å². The lowest BCUT2D eigenvalue weighted by molar-refractivity contribution is -0.154. The van der Waals surface area contributed by atoms with Gasteiger partial charge in [-0.3, -0.25) is 4.79 Å². The predicted molar refractivity (Wildman–Crippen MR) is 153 cm³/mol. The molecule has 1 rings (SSSR count). The van der Waals surface area contributed by atoms with Gasteiger partial charge in [-0.15, -0.1) is 0 Å². The van der Waals surface area contributed by atoms with E-state index in [9.17, 15) is 24.9 Å². The number of nitrogens with two attached hydrogens (primary N) is 1. The number of esters is 1. The van der Waals surface area contributed by atoms with Gasteiger partial charge in [0.05, 0.1) is 18.3 Å². The van der Waals surface area contributed by atoms with E-state index in [1.165, 1.54) is 0 Å². The Hall–Kier alpha value is -2.42. The largest absolute Gasteiger partial charge is 0.462 e. The number of hydrogen-bond donors (Lipinski definition) is 4. The fourth-order valence-corrected chi connectivity index (χ4v) is 5.34. The average molecular weight is 550 g/mol. The molecule has 8 nitrogen and oxygen atoms in total. The summed E-state index contributed by atoms with van der Waals surface area (Å²) in [6.45, 7) is 15.1. The zero-order valence-electron chi connectivity index (χ0n) is 24.5. The Morgan fingerprint density at radius 1 is 1.08 bits per heavy atom. The molecule has 0 bridgehead atoms. The van der Waals surface area contributed by atoms with Crippen molar-refractivity contribution in [1.82, 2.24) is 0 Å². The first-order valence-corrected chi connectivity index (χ1v) is 14.1. The number of primary amides is 1. The van der Waals surface area contributed by atoms with Crippen LogP contribution in [-0.2, 0) is 14.3 Å². The van der Waals surface area contributed by atoms with E-state index < -0.39 is 30.5 Å². The van der Waals surface area contributed by atoms with Crippen LogP contribution in [0.4, 0.5) is 4.79 Å². The van der Waals surface area contributed by atoms with Gasteiger partial charge in [0.2, 0.25) is 0 Å². The molecule has 3 unspecified atom stereocenters. The third-order valence-electron chi connectivity index (χ3n) is 7.58. The first kappa shape index (κ1) is 34.6. The van der Waals surface area contributed by atoms with Gasteiger partial charge >= 0.3 is 12.1 Å². The maximum Gasteiger partial charge on any atom is 0.404 e. The summed E-state index contributed by atoms with van der Waals surface area (Å²) in [5.41, 5.74) is 6.32. The van der Waals surface area contributed by atoms with E-state index >= 15 is 0 Å². The van der Waals surface area contributed by atoms with Crippen molar-refractivity contribution in [2.24, 2.45) is 35.3 Å². The molecular weight excluding hydrogens is 498 g/mol. The van der Waals surface area contributed by atoms with Gasteiger partial charge in [0.15, 0.2) is 0 Å². The van der Waals surface area contributed by atoms with E-state index in [1.807, 2.05) is 53.7 Å². The van der Waals surface area contributed by atoms with Crippen molar-refractivity contribution in [2.75, 3.05) is 0 Å². The Balaban J connectivity index is 2.71. The number of carbonyl (C=O) groups is 2. The van der Waals surface area contributed by atoms with Gasteiger partial charge < -0.3 is 30.5 Å². The van der Waals surface area contributed by atoms with Crippen LogP contribution < -0.4 is 5.73 Å². The number of allylic oxidation sites excluding steroid dienone is 3. The standard InChI is InChI=1S/C31H51NO7/c1-8-9-11-21(4)30(39-31(32)37)24(7)29(36)23(6)17-19(2)16-22(5)28(35)20(3)14-15-25(33)18-26-12-10-13-27(34)38-26/h8-9,11,14-16,20-26,28-30,33,35-36H,1,10,12-13,17-18H2,2-7H3,(H2,32,37)/b11-9-,15-14-,19-16-/t20?,21-,22?,23-,24-,25+,26+,28?,29+,30-/m0/s1. The van der Waals surface area contributed by atoms with Gasteiger partial charge in [-0.2, -0.15) is 0 Å². The van der Waals surface area contributed by atoms with Crippen LogP contribution in [0.1, 0.15) is 73.6 Å². The summed E-state index contributed by atoms with van der Waals surface area (Å²) in [5.74, 6) is -1.22. The molecule has 1 aliphatic heterocycles. The molecule has 0 aromatic carbocycles. The Labute approximate surface area is 234 Å². The normalized spacial score (nSPS) is 23.8. The molecule has 0 saturated carbocycles. The van der Waals surface area contributed by atoms with Crippen LogP contribution >= 0.6 is 0 Å².